The summed E-state index contributed by atoms with van der Waals surface area (Å²) in [5.74, 6) is -1.17. The second-order valence-electron chi connectivity index (χ2n) is 11.4. The lowest BCUT2D eigenvalue weighted by molar-refractivity contribution is 0.589. The molecule has 0 spiro atoms. The van der Waals surface area contributed by atoms with Crippen LogP contribution in [0.1, 0.15) is 16.7 Å². The molecular formula is C39H28F2N2. The van der Waals surface area contributed by atoms with Gasteiger partial charge in [-0.2, -0.15) is 0 Å². The van der Waals surface area contributed by atoms with Crippen molar-refractivity contribution in [1.82, 2.24) is 9.13 Å². The molecule has 43 heavy (non-hydrogen) atoms. The molecule has 0 aliphatic rings. The number of halogens is 2. The minimum Gasteiger partial charge on any atom is -0.309 e. The third-order valence-electron chi connectivity index (χ3n) is 8.76. The van der Waals surface area contributed by atoms with Gasteiger partial charge >= 0.3 is 0 Å². The highest BCUT2D eigenvalue weighted by Gasteiger charge is 2.24. The molecule has 0 atom stereocenters. The number of hydrogen-bond acceptors (Lipinski definition) is 0. The highest BCUT2D eigenvalue weighted by atomic mass is 19.1. The van der Waals surface area contributed by atoms with E-state index in [1.807, 2.05) is 24.3 Å². The van der Waals surface area contributed by atoms with Crippen LogP contribution in [-0.4, -0.2) is 9.13 Å². The average molecular weight is 563 g/mol. The highest BCUT2D eigenvalue weighted by molar-refractivity contribution is 6.11. The maximum absolute atomic E-state index is 15.6. The first-order chi connectivity index (χ1) is 20.9. The minimum absolute atomic E-state index is 0.0248. The summed E-state index contributed by atoms with van der Waals surface area (Å²) in [5, 5.41) is 4.53. The van der Waals surface area contributed by atoms with Gasteiger partial charge in [0.15, 0.2) is 0 Å². The lowest BCUT2D eigenvalue weighted by atomic mass is 9.97. The Labute approximate surface area is 248 Å². The standard InChI is InChI=1S/C39H28F2N2/c1-23-16-19-36-30(21-23)27-10-5-7-14-35(27)43(36)39-25(3)33(20-18-29(39)38-31(40)11-8-12-32(38)41)42-34-13-6-4-9-26(34)28-17-15-24(2)22-37(28)42/h4-22H,1-3H3. The van der Waals surface area contributed by atoms with E-state index < -0.39 is 11.6 Å². The molecule has 0 bridgehead atoms. The number of rotatable bonds is 3. The summed E-state index contributed by atoms with van der Waals surface area (Å²) in [4.78, 5) is 0. The topological polar surface area (TPSA) is 9.86 Å². The fourth-order valence-electron chi connectivity index (χ4n) is 6.84. The predicted molar refractivity (Wildman–Crippen MR) is 175 cm³/mol. The first kappa shape index (κ1) is 25.5. The maximum Gasteiger partial charge on any atom is 0.134 e. The Morgan fingerprint density at radius 3 is 1.79 bits per heavy atom. The number of benzene rings is 6. The van der Waals surface area contributed by atoms with Crippen LogP contribution in [0.4, 0.5) is 8.78 Å². The Morgan fingerprint density at radius 2 is 1.05 bits per heavy atom. The Hall–Kier alpha value is -5.22. The van der Waals surface area contributed by atoms with Crippen LogP contribution < -0.4 is 0 Å². The van der Waals surface area contributed by atoms with E-state index >= 15 is 8.78 Å². The average Bonchev–Trinajstić information content (AvgIpc) is 3.49. The molecule has 8 rings (SSSR count). The SMILES string of the molecule is Cc1ccc2c(c1)c1ccccc1n2-c1c(-c2c(F)cccc2F)ccc(-n2c3ccccc3c3ccc(C)cc32)c1C. The van der Waals surface area contributed by atoms with Gasteiger partial charge in [0.1, 0.15) is 11.6 Å². The summed E-state index contributed by atoms with van der Waals surface area (Å²) in [6.07, 6.45) is 0. The number of hydrogen-bond donors (Lipinski definition) is 0. The predicted octanol–water partition coefficient (Wildman–Crippen LogP) is 10.8. The van der Waals surface area contributed by atoms with Crippen LogP contribution >= 0.6 is 0 Å². The van der Waals surface area contributed by atoms with Crippen LogP contribution in [0.5, 0.6) is 0 Å². The fraction of sp³-hybridized carbons (Fsp3) is 0.0769. The quantitative estimate of drug-likeness (QED) is 0.203. The summed E-state index contributed by atoms with van der Waals surface area (Å²) in [6.45, 7) is 6.25. The van der Waals surface area contributed by atoms with E-state index in [9.17, 15) is 0 Å². The van der Waals surface area contributed by atoms with Crippen molar-refractivity contribution < 1.29 is 8.78 Å². The van der Waals surface area contributed by atoms with Crippen LogP contribution in [0.15, 0.2) is 115 Å². The zero-order valence-electron chi connectivity index (χ0n) is 24.1. The van der Waals surface area contributed by atoms with E-state index in [1.165, 1.54) is 23.6 Å². The fourth-order valence-corrected chi connectivity index (χ4v) is 6.84. The van der Waals surface area contributed by atoms with E-state index in [1.54, 1.807) is 0 Å². The normalized spacial score (nSPS) is 11.8. The van der Waals surface area contributed by atoms with Gasteiger partial charge < -0.3 is 9.13 Å². The van der Waals surface area contributed by atoms with Gasteiger partial charge in [-0.05, 0) is 86.5 Å². The summed E-state index contributed by atoms with van der Waals surface area (Å²) < 4.78 is 35.6. The molecule has 6 aromatic carbocycles. The number of para-hydroxylation sites is 2. The van der Waals surface area contributed by atoms with Gasteiger partial charge in [-0.15, -0.1) is 0 Å². The van der Waals surface area contributed by atoms with E-state index in [-0.39, 0.29) is 5.56 Å². The van der Waals surface area contributed by atoms with Gasteiger partial charge in [-0.3, -0.25) is 0 Å². The Bertz CT molecular complexity index is 2390. The largest absolute Gasteiger partial charge is 0.309 e. The number of nitrogens with zero attached hydrogens (tertiary/aromatic N) is 2. The Morgan fingerprint density at radius 1 is 0.465 bits per heavy atom. The zero-order chi connectivity index (χ0) is 29.4. The number of aryl methyl sites for hydroxylation is 2. The maximum atomic E-state index is 15.6. The van der Waals surface area contributed by atoms with Crippen molar-refractivity contribution in [2.24, 2.45) is 0 Å². The first-order valence-electron chi connectivity index (χ1n) is 14.5. The van der Waals surface area contributed by atoms with Crippen molar-refractivity contribution >= 4 is 43.6 Å². The van der Waals surface area contributed by atoms with E-state index in [0.717, 1.165) is 66.3 Å². The van der Waals surface area contributed by atoms with Gasteiger partial charge in [0.2, 0.25) is 0 Å². The molecule has 2 aromatic heterocycles. The second-order valence-corrected chi connectivity index (χ2v) is 11.4. The van der Waals surface area contributed by atoms with E-state index in [4.69, 9.17) is 0 Å². The second kappa shape index (κ2) is 9.40. The van der Waals surface area contributed by atoms with Crippen LogP contribution in [0.2, 0.25) is 0 Å². The van der Waals surface area contributed by atoms with Gasteiger partial charge in [-0.1, -0.05) is 66.2 Å². The van der Waals surface area contributed by atoms with E-state index in [2.05, 4.69) is 103 Å². The molecule has 0 saturated heterocycles. The molecule has 208 valence electrons. The summed E-state index contributed by atoms with van der Waals surface area (Å²) in [7, 11) is 0. The molecular weight excluding hydrogens is 534 g/mol. The Balaban J connectivity index is 1.57. The molecule has 0 aliphatic heterocycles. The summed E-state index contributed by atoms with van der Waals surface area (Å²) in [5.41, 5.74) is 9.60. The molecule has 0 saturated carbocycles. The molecule has 2 heterocycles. The van der Waals surface area contributed by atoms with Crippen molar-refractivity contribution in [1.29, 1.82) is 0 Å². The minimum atomic E-state index is -0.586. The van der Waals surface area contributed by atoms with Gasteiger partial charge in [0.05, 0.1) is 39.0 Å². The molecule has 0 aliphatic carbocycles. The van der Waals surface area contributed by atoms with Crippen molar-refractivity contribution in [2.45, 2.75) is 20.8 Å². The van der Waals surface area contributed by atoms with Gasteiger partial charge in [-0.25, -0.2) is 8.78 Å². The van der Waals surface area contributed by atoms with Crippen LogP contribution in [0.3, 0.4) is 0 Å². The van der Waals surface area contributed by atoms with Crippen molar-refractivity contribution in [3.05, 3.63) is 144 Å². The van der Waals surface area contributed by atoms with Crippen molar-refractivity contribution in [3.63, 3.8) is 0 Å². The number of aromatic nitrogens is 2. The van der Waals surface area contributed by atoms with Gasteiger partial charge in [0.25, 0.3) is 0 Å². The third kappa shape index (κ3) is 3.69. The summed E-state index contributed by atoms with van der Waals surface area (Å²) >= 11 is 0. The molecule has 0 N–H and O–H groups in total. The van der Waals surface area contributed by atoms with Crippen molar-refractivity contribution in [2.75, 3.05) is 0 Å². The smallest absolute Gasteiger partial charge is 0.134 e. The molecule has 4 heteroatoms. The van der Waals surface area contributed by atoms with Crippen molar-refractivity contribution in [3.8, 4) is 22.5 Å². The van der Waals surface area contributed by atoms with E-state index in [0.29, 0.717) is 5.56 Å². The molecule has 0 amide bonds. The third-order valence-corrected chi connectivity index (χ3v) is 8.76. The molecule has 0 radical (unpaired) electrons. The monoisotopic (exact) mass is 562 g/mol. The highest BCUT2D eigenvalue weighted by Crippen LogP contribution is 2.42. The van der Waals surface area contributed by atoms with Crippen LogP contribution in [0, 0.1) is 32.4 Å². The lowest BCUT2D eigenvalue weighted by Gasteiger charge is -2.22. The van der Waals surface area contributed by atoms with Gasteiger partial charge in [0, 0.05) is 27.1 Å². The Kier molecular flexibility index (Phi) is 5.57. The molecule has 0 fully saturated rings. The lowest BCUT2D eigenvalue weighted by Crippen LogP contribution is -2.07. The first-order valence-corrected chi connectivity index (χ1v) is 14.5. The summed E-state index contributed by atoms with van der Waals surface area (Å²) in [6, 6.07) is 37.5. The molecule has 8 aromatic rings. The molecule has 2 nitrogen and oxygen atoms in total. The molecule has 0 unspecified atom stereocenters. The van der Waals surface area contributed by atoms with Crippen LogP contribution in [0.25, 0.3) is 66.1 Å². The van der Waals surface area contributed by atoms with Crippen LogP contribution in [-0.2, 0) is 0 Å². The zero-order valence-corrected chi connectivity index (χ0v) is 24.1. The number of fused-ring (bicyclic) bond motifs is 6.